The predicted molar refractivity (Wildman–Crippen MR) is 98.0 cm³/mol. The van der Waals surface area contributed by atoms with Crippen LogP contribution >= 0.6 is 11.3 Å². The highest BCUT2D eigenvalue weighted by atomic mass is 32.1. The van der Waals surface area contributed by atoms with Crippen LogP contribution in [0.1, 0.15) is 30.4 Å². The van der Waals surface area contributed by atoms with Crippen LogP contribution in [0.3, 0.4) is 0 Å². The van der Waals surface area contributed by atoms with Crippen molar-refractivity contribution in [2.45, 2.75) is 32.2 Å². The van der Waals surface area contributed by atoms with Crippen LogP contribution in [-0.2, 0) is 22.6 Å². The zero-order valence-corrected chi connectivity index (χ0v) is 15.0. The number of amides is 2. The van der Waals surface area contributed by atoms with Gasteiger partial charge in [-0.15, -0.1) is 0 Å². The van der Waals surface area contributed by atoms with Crippen molar-refractivity contribution in [2.24, 2.45) is 5.92 Å². The Labute approximate surface area is 152 Å². The van der Waals surface area contributed by atoms with Gasteiger partial charge in [-0.1, -0.05) is 6.07 Å². The molecule has 1 saturated heterocycles. The molecule has 1 N–H and O–H groups in total. The van der Waals surface area contributed by atoms with E-state index in [0.29, 0.717) is 26.1 Å². The van der Waals surface area contributed by atoms with Gasteiger partial charge in [0, 0.05) is 44.4 Å². The Morgan fingerprint density at radius 1 is 1.24 bits per heavy atom. The van der Waals surface area contributed by atoms with E-state index >= 15 is 0 Å². The first-order valence-electron chi connectivity index (χ1n) is 8.68. The molecular weight excluding hydrogens is 334 g/mol. The average molecular weight is 357 g/mol. The fourth-order valence-corrected chi connectivity index (χ4v) is 3.77. The fraction of sp³-hybridized carbons (Fsp3) is 0.421. The van der Waals surface area contributed by atoms with Crippen LogP contribution in [0, 0.1) is 5.92 Å². The normalized spacial score (nSPS) is 15.1. The van der Waals surface area contributed by atoms with Crippen LogP contribution in [0.15, 0.2) is 41.4 Å². The quantitative estimate of drug-likeness (QED) is 0.864. The Morgan fingerprint density at radius 2 is 2.08 bits per heavy atom. The van der Waals surface area contributed by atoms with Gasteiger partial charge in [0.1, 0.15) is 0 Å². The molecule has 0 spiro atoms. The highest BCUT2D eigenvalue weighted by Crippen LogP contribution is 2.19. The number of hydrogen-bond acceptors (Lipinski definition) is 4. The third-order valence-electron chi connectivity index (χ3n) is 4.62. The highest BCUT2D eigenvalue weighted by molar-refractivity contribution is 7.07. The lowest BCUT2D eigenvalue weighted by atomic mass is 9.95. The first-order chi connectivity index (χ1) is 12.2. The highest BCUT2D eigenvalue weighted by Gasteiger charge is 2.26. The van der Waals surface area contributed by atoms with Crippen LogP contribution in [0.25, 0.3) is 0 Å². The Balaban J connectivity index is 1.38. The maximum Gasteiger partial charge on any atom is 0.223 e. The van der Waals surface area contributed by atoms with E-state index in [4.69, 9.17) is 0 Å². The zero-order valence-electron chi connectivity index (χ0n) is 14.2. The zero-order chi connectivity index (χ0) is 17.5. The van der Waals surface area contributed by atoms with Gasteiger partial charge in [-0.25, -0.2) is 0 Å². The second kappa shape index (κ2) is 8.76. The number of hydrogen-bond donors (Lipinski definition) is 1. The third-order valence-corrected chi connectivity index (χ3v) is 5.35. The van der Waals surface area contributed by atoms with Crippen LogP contribution in [0.5, 0.6) is 0 Å². The number of aromatic nitrogens is 1. The van der Waals surface area contributed by atoms with E-state index in [9.17, 15) is 9.59 Å². The van der Waals surface area contributed by atoms with E-state index in [2.05, 4.69) is 21.7 Å². The van der Waals surface area contributed by atoms with Crippen molar-refractivity contribution < 1.29 is 9.59 Å². The molecule has 1 fully saturated rings. The Kier molecular flexibility index (Phi) is 6.17. The molecule has 3 heterocycles. The van der Waals surface area contributed by atoms with E-state index in [0.717, 1.165) is 24.8 Å². The molecule has 2 amide bonds. The smallest absolute Gasteiger partial charge is 0.223 e. The van der Waals surface area contributed by atoms with Crippen molar-refractivity contribution in [3.8, 4) is 0 Å². The van der Waals surface area contributed by atoms with Crippen LogP contribution < -0.4 is 5.32 Å². The van der Waals surface area contributed by atoms with Gasteiger partial charge in [0.2, 0.25) is 11.8 Å². The molecule has 1 aliphatic rings. The summed E-state index contributed by atoms with van der Waals surface area (Å²) >= 11 is 1.66. The average Bonchev–Trinajstić information content (AvgIpc) is 3.19. The first-order valence-corrected chi connectivity index (χ1v) is 9.62. The van der Waals surface area contributed by atoms with Crippen LogP contribution in [0.2, 0.25) is 0 Å². The molecule has 0 bridgehead atoms. The van der Waals surface area contributed by atoms with Gasteiger partial charge in [-0.3, -0.25) is 14.6 Å². The second-order valence-electron chi connectivity index (χ2n) is 6.37. The molecule has 5 nitrogen and oxygen atoms in total. The molecule has 25 heavy (non-hydrogen) atoms. The number of carbonyl (C=O) groups excluding carboxylic acids is 2. The van der Waals surface area contributed by atoms with E-state index in [-0.39, 0.29) is 17.7 Å². The maximum absolute atomic E-state index is 12.3. The summed E-state index contributed by atoms with van der Waals surface area (Å²) in [5.41, 5.74) is 2.22. The Morgan fingerprint density at radius 3 is 2.76 bits per heavy atom. The lowest BCUT2D eigenvalue weighted by Gasteiger charge is -2.31. The minimum atomic E-state index is -0.00223. The molecule has 0 unspecified atom stereocenters. The standard InChI is InChI=1S/C19H23N3O2S/c23-18(4-3-15-7-11-25-14-15)22-9-5-17(6-10-22)19(24)21-13-16-2-1-8-20-12-16/h1-2,7-8,11-12,14,17H,3-6,9-10,13H2,(H,21,24). The topological polar surface area (TPSA) is 62.3 Å². The molecule has 0 radical (unpaired) electrons. The number of carbonyl (C=O) groups is 2. The van der Waals surface area contributed by atoms with Gasteiger partial charge in [0.05, 0.1) is 0 Å². The fourth-order valence-electron chi connectivity index (χ4n) is 3.07. The minimum Gasteiger partial charge on any atom is -0.352 e. The Hall–Kier alpha value is -2.21. The number of thiophene rings is 1. The lowest BCUT2D eigenvalue weighted by molar-refractivity contribution is -0.135. The number of aryl methyl sites for hydroxylation is 1. The van der Waals surface area contributed by atoms with Crippen molar-refractivity contribution in [2.75, 3.05) is 13.1 Å². The second-order valence-corrected chi connectivity index (χ2v) is 7.15. The minimum absolute atomic E-state index is 0.00223. The number of likely N-dealkylation sites (tertiary alicyclic amines) is 1. The number of piperidine rings is 1. The summed E-state index contributed by atoms with van der Waals surface area (Å²) in [4.78, 5) is 30.5. The summed E-state index contributed by atoms with van der Waals surface area (Å²) in [6, 6.07) is 5.88. The van der Waals surface area contributed by atoms with Crippen LogP contribution in [-0.4, -0.2) is 34.8 Å². The number of nitrogens with zero attached hydrogens (tertiary/aromatic N) is 2. The van der Waals surface area contributed by atoms with Crippen molar-refractivity contribution in [1.82, 2.24) is 15.2 Å². The van der Waals surface area contributed by atoms with E-state index < -0.39 is 0 Å². The first kappa shape index (κ1) is 17.6. The van der Waals surface area contributed by atoms with E-state index in [1.807, 2.05) is 22.4 Å². The molecule has 2 aromatic heterocycles. The third kappa shape index (κ3) is 5.13. The van der Waals surface area contributed by atoms with Crippen molar-refractivity contribution in [3.05, 3.63) is 52.5 Å². The molecular formula is C19H23N3O2S. The van der Waals surface area contributed by atoms with Gasteiger partial charge >= 0.3 is 0 Å². The summed E-state index contributed by atoms with van der Waals surface area (Å²) in [7, 11) is 0. The monoisotopic (exact) mass is 357 g/mol. The van der Waals surface area contributed by atoms with Crippen molar-refractivity contribution in [3.63, 3.8) is 0 Å². The van der Waals surface area contributed by atoms with Gasteiger partial charge < -0.3 is 10.2 Å². The molecule has 0 atom stereocenters. The van der Waals surface area contributed by atoms with E-state index in [1.165, 1.54) is 5.56 Å². The summed E-state index contributed by atoms with van der Waals surface area (Å²) in [5, 5.41) is 7.10. The number of rotatable bonds is 6. The predicted octanol–water partition coefficient (Wildman–Crippen LogP) is 2.63. The molecule has 0 aromatic carbocycles. The molecule has 6 heteroatoms. The lowest BCUT2D eigenvalue weighted by Crippen LogP contribution is -2.43. The molecule has 3 rings (SSSR count). The van der Waals surface area contributed by atoms with Crippen LogP contribution in [0.4, 0.5) is 0 Å². The largest absolute Gasteiger partial charge is 0.352 e. The molecule has 132 valence electrons. The summed E-state index contributed by atoms with van der Waals surface area (Å²) in [6.45, 7) is 1.85. The maximum atomic E-state index is 12.3. The van der Waals surface area contributed by atoms with Crippen molar-refractivity contribution >= 4 is 23.2 Å². The molecule has 0 aliphatic carbocycles. The van der Waals surface area contributed by atoms with Gasteiger partial charge in [-0.2, -0.15) is 11.3 Å². The summed E-state index contributed by atoms with van der Waals surface area (Å²) < 4.78 is 0. The molecule has 1 aliphatic heterocycles. The summed E-state index contributed by atoms with van der Waals surface area (Å²) in [6.07, 6.45) is 6.31. The van der Waals surface area contributed by atoms with Gasteiger partial charge in [0.15, 0.2) is 0 Å². The SMILES string of the molecule is O=C(NCc1cccnc1)C1CCN(C(=O)CCc2ccsc2)CC1. The van der Waals surface area contributed by atoms with E-state index in [1.54, 1.807) is 23.7 Å². The van der Waals surface area contributed by atoms with Gasteiger partial charge in [-0.05, 0) is 53.3 Å². The molecule has 2 aromatic rings. The molecule has 0 saturated carbocycles. The number of pyridine rings is 1. The Bertz CT molecular complexity index is 680. The van der Waals surface area contributed by atoms with Gasteiger partial charge in [0.25, 0.3) is 0 Å². The van der Waals surface area contributed by atoms with Crippen molar-refractivity contribution in [1.29, 1.82) is 0 Å². The number of nitrogens with one attached hydrogen (secondary N) is 1. The summed E-state index contributed by atoms with van der Waals surface area (Å²) in [5.74, 6) is 0.271.